The Bertz CT molecular complexity index is 278. The van der Waals surface area contributed by atoms with Crippen LogP contribution in [0.5, 0.6) is 0 Å². The molecule has 0 amide bonds. The van der Waals surface area contributed by atoms with E-state index in [1.165, 1.54) is 76.0 Å². The molecular weight excluding hydrogens is 252 g/mol. The lowest BCUT2D eigenvalue weighted by Crippen LogP contribution is -1.98. The topological polar surface area (TPSA) is 17.1 Å². The van der Waals surface area contributed by atoms with Gasteiger partial charge in [0.05, 0.1) is 0 Å². The molecule has 1 aliphatic rings. The fourth-order valence-corrected chi connectivity index (χ4v) is 3.78. The van der Waals surface area contributed by atoms with E-state index in [-0.39, 0.29) is 1.43 Å². The molecule has 0 spiro atoms. The van der Waals surface area contributed by atoms with Crippen LogP contribution >= 0.6 is 11.8 Å². The smallest absolute Gasteiger partial charge is 0.193 e. The minimum Gasteiger partial charge on any atom is -0.287 e. The third-order valence-electron chi connectivity index (χ3n) is 3.92. The van der Waals surface area contributed by atoms with Crippen LogP contribution in [-0.2, 0) is 4.79 Å². The molecule has 112 valence electrons. The number of thioether (sulfide) groups is 1. The van der Waals surface area contributed by atoms with Gasteiger partial charge in [0.25, 0.3) is 0 Å². The highest BCUT2D eigenvalue weighted by atomic mass is 32.2. The van der Waals surface area contributed by atoms with Gasteiger partial charge in [-0.1, -0.05) is 95.0 Å². The number of hydrogen-bond acceptors (Lipinski definition) is 2. The third kappa shape index (κ3) is 7.81. The molecule has 1 atom stereocenters. The second-order valence-corrected chi connectivity index (χ2v) is 7.04. The van der Waals surface area contributed by atoms with Crippen molar-refractivity contribution in [1.82, 2.24) is 0 Å². The summed E-state index contributed by atoms with van der Waals surface area (Å²) in [5, 5.41) is 0.753. The van der Waals surface area contributed by atoms with Crippen molar-refractivity contribution in [1.29, 1.82) is 0 Å². The van der Waals surface area contributed by atoms with E-state index in [2.05, 4.69) is 13.5 Å². The highest BCUT2D eigenvalue weighted by molar-refractivity contribution is 8.14. The summed E-state index contributed by atoms with van der Waals surface area (Å²) in [5.41, 5.74) is 1.16. The summed E-state index contributed by atoms with van der Waals surface area (Å²) in [4.78, 5) is 11.2. The molecule has 1 rings (SSSR count). The molecule has 1 saturated heterocycles. The zero-order valence-corrected chi connectivity index (χ0v) is 13.4. The monoisotopic (exact) mass is 284 g/mol. The Balaban J connectivity index is 0.00000361. The highest BCUT2D eigenvalue weighted by Crippen LogP contribution is 2.35. The average Bonchev–Trinajstić information content (AvgIpc) is 2.70. The first kappa shape index (κ1) is 16.8. The van der Waals surface area contributed by atoms with Crippen LogP contribution < -0.4 is 0 Å². The van der Waals surface area contributed by atoms with Crippen molar-refractivity contribution in [2.45, 2.75) is 89.2 Å². The predicted molar refractivity (Wildman–Crippen MR) is 88.7 cm³/mol. The molecular formula is C17H32OS. The van der Waals surface area contributed by atoms with Crippen molar-refractivity contribution in [2.24, 2.45) is 0 Å². The van der Waals surface area contributed by atoms with E-state index in [1.54, 1.807) is 0 Å². The van der Waals surface area contributed by atoms with Crippen molar-refractivity contribution in [3.8, 4) is 0 Å². The highest BCUT2D eigenvalue weighted by Gasteiger charge is 2.25. The average molecular weight is 285 g/mol. The van der Waals surface area contributed by atoms with Gasteiger partial charge in [-0.25, -0.2) is 0 Å². The number of unbranched alkanes of at least 4 members (excludes halogenated alkanes) is 9. The van der Waals surface area contributed by atoms with Crippen LogP contribution in [0.15, 0.2) is 12.2 Å². The van der Waals surface area contributed by atoms with Gasteiger partial charge >= 0.3 is 0 Å². The molecule has 2 heteroatoms. The van der Waals surface area contributed by atoms with Gasteiger partial charge in [-0.05, 0) is 6.42 Å². The van der Waals surface area contributed by atoms with Crippen molar-refractivity contribution in [3.05, 3.63) is 12.2 Å². The number of carbonyl (C=O) groups is 1. The van der Waals surface area contributed by atoms with Crippen molar-refractivity contribution < 1.29 is 6.22 Å². The maximum Gasteiger partial charge on any atom is 0.193 e. The molecule has 0 saturated carbocycles. The van der Waals surface area contributed by atoms with Gasteiger partial charge in [0.15, 0.2) is 5.12 Å². The number of hydrogen-bond donors (Lipinski definition) is 0. The van der Waals surface area contributed by atoms with Crippen LogP contribution in [0.4, 0.5) is 0 Å². The van der Waals surface area contributed by atoms with Gasteiger partial charge in [-0.3, -0.25) is 4.79 Å². The normalized spacial score (nSPS) is 19.3. The second kappa shape index (κ2) is 10.5. The van der Waals surface area contributed by atoms with Crippen molar-refractivity contribution >= 4 is 16.9 Å². The minimum absolute atomic E-state index is 0. The fraction of sp³-hybridized carbons (Fsp3) is 0.824. The Morgan fingerprint density at radius 3 is 2.05 bits per heavy atom. The van der Waals surface area contributed by atoms with E-state index in [0.29, 0.717) is 16.8 Å². The van der Waals surface area contributed by atoms with Crippen LogP contribution in [0.3, 0.4) is 0 Å². The summed E-state index contributed by atoms with van der Waals surface area (Å²) in [5.74, 6) is 0. The zero-order valence-electron chi connectivity index (χ0n) is 12.6. The summed E-state index contributed by atoms with van der Waals surface area (Å²) in [6.07, 6.45) is 15.5. The summed E-state index contributed by atoms with van der Waals surface area (Å²) in [6.45, 7) is 6.28. The number of rotatable bonds is 11. The molecule has 0 aliphatic carbocycles. The van der Waals surface area contributed by atoms with Gasteiger partial charge in [0.2, 0.25) is 0 Å². The van der Waals surface area contributed by atoms with E-state index in [1.807, 2.05) is 0 Å². The van der Waals surface area contributed by atoms with Crippen LogP contribution in [0.2, 0.25) is 0 Å². The first-order valence-corrected chi connectivity index (χ1v) is 8.99. The zero-order chi connectivity index (χ0) is 13.9. The Kier molecular flexibility index (Phi) is 9.32. The Labute approximate surface area is 125 Å². The minimum atomic E-state index is 0. The van der Waals surface area contributed by atoms with Crippen molar-refractivity contribution in [2.75, 3.05) is 0 Å². The second-order valence-electron chi connectivity index (χ2n) is 5.78. The third-order valence-corrected chi connectivity index (χ3v) is 5.18. The molecule has 1 fully saturated rings. The molecule has 1 unspecified atom stereocenters. The largest absolute Gasteiger partial charge is 0.287 e. The molecule has 0 radical (unpaired) electrons. The molecule has 1 aliphatic heterocycles. The van der Waals surface area contributed by atoms with Gasteiger partial charge in [-0.2, -0.15) is 0 Å². The lowest BCUT2D eigenvalue weighted by atomic mass is 10.0. The van der Waals surface area contributed by atoms with E-state index in [0.717, 1.165) is 12.0 Å². The first-order valence-electron chi connectivity index (χ1n) is 8.11. The summed E-state index contributed by atoms with van der Waals surface area (Å²) < 4.78 is 0. The summed E-state index contributed by atoms with van der Waals surface area (Å²) >= 11 is 1.51. The van der Waals surface area contributed by atoms with Gasteiger partial charge in [-0.15, -0.1) is 0 Å². The maximum atomic E-state index is 11.2. The van der Waals surface area contributed by atoms with E-state index >= 15 is 0 Å². The first-order chi connectivity index (χ1) is 9.24. The van der Waals surface area contributed by atoms with Crippen LogP contribution in [0.1, 0.15) is 85.4 Å². The molecule has 0 aromatic rings. The molecule has 0 aromatic carbocycles. The van der Waals surface area contributed by atoms with Gasteiger partial charge in [0.1, 0.15) is 0 Å². The quantitative estimate of drug-likeness (QED) is 0.335. The standard InChI is InChI=1S/C17H30OS.H2/c1-3-4-5-6-7-8-9-10-11-12-13-16-15(2)14-17(18)19-16;/h16H,2-14H2,1H3;1H. The molecule has 0 aromatic heterocycles. The lowest BCUT2D eigenvalue weighted by molar-refractivity contribution is -0.110. The number of carbonyl (C=O) groups excluding carboxylic acids is 1. The van der Waals surface area contributed by atoms with E-state index < -0.39 is 0 Å². The summed E-state index contributed by atoms with van der Waals surface area (Å²) in [6, 6.07) is 0. The van der Waals surface area contributed by atoms with E-state index in [9.17, 15) is 4.79 Å². The van der Waals surface area contributed by atoms with Crippen LogP contribution in [-0.4, -0.2) is 10.4 Å². The van der Waals surface area contributed by atoms with Gasteiger partial charge in [0, 0.05) is 13.1 Å². The van der Waals surface area contributed by atoms with Crippen LogP contribution in [0.25, 0.3) is 0 Å². The maximum absolute atomic E-state index is 11.2. The van der Waals surface area contributed by atoms with Gasteiger partial charge < -0.3 is 0 Å². The van der Waals surface area contributed by atoms with Crippen molar-refractivity contribution in [3.63, 3.8) is 0 Å². The van der Waals surface area contributed by atoms with E-state index in [4.69, 9.17) is 0 Å². The fourth-order valence-electron chi connectivity index (χ4n) is 2.66. The Morgan fingerprint density at radius 1 is 1.05 bits per heavy atom. The van der Waals surface area contributed by atoms with Crippen LogP contribution in [0, 0.1) is 0 Å². The summed E-state index contributed by atoms with van der Waals surface area (Å²) in [7, 11) is 0. The molecule has 1 nitrogen and oxygen atoms in total. The lowest BCUT2D eigenvalue weighted by Gasteiger charge is -2.08. The molecule has 19 heavy (non-hydrogen) atoms. The predicted octanol–water partition coefficient (Wildman–Crippen LogP) is 6.13. The SMILES string of the molecule is C=C1CC(=O)SC1CCCCCCCCCCCC.[HH]. The Hall–Kier alpha value is -0.240. The Morgan fingerprint density at radius 2 is 1.58 bits per heavy atom. The molecule has 0 bridgehead atoms. The molecule has 1 heterocycles. The molecule has 0 N–H and O–H groups in total.